The molecule has 2 aromatic carbocycles. The van der Waals surface area contributed by atoms with E-state index in [1.54, 1.807) is 18.3 Å². The van der Waals surface area contributed by atoms with Gasteiger partial charge < -0.3 is 19.8 Å². The summed E-state index contributed by atoms with van der Waals surface area (Å²) in [6, 6.07) is 12.5. The smallest absolute Gasteiger partial charge is 0.216 e. The fourth-order valence-electron chi connectivity index (χ4n) is 5.23. The van der Waals surface area contributed by atoms with Crippen molar-refractivity contribution >= 4 is 28.5 Å². The van der Waals surface area contributed by atoms with E-state index >= 15 is 0 Å². The van der Waals surface area contributed by atoms with Crippen molar-refractivity contribution in [2.75, 3.05) is 19.7 Å². The summed E-state index contributed by atoms with van der Waals surface area (Å²) in [5, 5.41) is 8.39. The van der Waals surface area contributed by atoms with E-state index in [9.17, 15) is 4.39 Å². The second-order valence-electron chi connectivity index (χ2n) is 10.4. The Labute approximate surface area is 236 Å². The van der Waals surface area contributed by atoms with Gasteiger partial charge in [-0.3, -0.25) is 10.3 Å². The number of nitrogens with zero attached hydrogens (tertiary/aromatic N) is 5. The molecular formula is C29H31ClFN7O2. The number of piperidine rings is 1. The predicted octanol–water partition coefficient (Wildman–Crippen LogP) is 4.33. The van der Waals surface area contributed by atoms with Crippen LogP contribution in [0, 0.1) is 11.2 Å². The van der Waals surface area contributed by atoms with Crippen LogP contribution in [0.15, 0.2) is 48.7 Å². The van der Waals surface area contributed by atoms with Gasteiger partial charge in [0.1, 0.15) is 29.4 Å². The van der Waals surface area contributed by atoms with Crippen LogP contribution in [0.3, 0.4) is 0 Å². The minimum absolute atomic E-state index is 0.0592. The van der Waals surface area contributed by atoms with E-state index in [2.05, 4.69) is 19.4 Å². The van der Waals surface area contributed by atoms with Crippen molar-refractivity contribution in [3.05, 3.63) is 82.3 Å². The van der Waals surface area contributed by atoms with Crippen molar-refractivity contribution in [2.45, 2.75) is 51.0 Å². The third-order valence-corrected chi connectivity index (χ3v) is 7.78. The summed E-state index contributed by atoms with van der Waals surface area (Å²) < 4.78 is 28.6. The zero-order valence-corrected chi connectivity index (χ0v) is 22.8. The van der Waals surface area contributed by atoms with Crippen LogP contribution >= 0.6 is 11.6 Å². The minimum atomic E-state index is -0.513. The Morgan fingerprint density at radius 2 is 1.90 bits per heavy atom. The lowest BCUT2D eigenvalue weighted by atomic mass is 10.1. The summed E-state index contributed by atoms with van der Waals surface area (Å²) in [4.78, 5) is 16.2. The van der Waals surface area contributed by atoms with Crippen molar-refractivity contribution in [2.24, 2.45) is 5.73 Å². The Morgan fingerprint density at radius 1 is 1.12 bits per heavy atom. The quantitative estimate of drug-likeness (QED) is 0.230. The van der Waals surface area contributed by atoms with Crippen LogP contribution < -0.4 is 10.5 Å². The molecule has 4 aromatic rings. The zero-order chi connectivity index (χ0) is 27.6. The van der Waals surface area contributed by atoms with E-state index < -0.39 is 5.82 Å². The molecule has 11 heteroatoms. The zero-order valence-electron chi connectivity index (χ0n) is 22.0. The van der Waals surface area contributed by atoms with Crippen LogP contribution in [0.5, 0.6) is 5.88 Å². The van der Waals surface area contributed by atoms with Crippen LogP contribution in [0.1, 0.15) is 42.0 Å². The molecule has 2 aromatic heterocycles. The summed E-state index contributed by atoms with van der Waals surface area (Å²) in [7, 11) is 0. The summed E-state index contributed by atoms with van der Waals surface area (Å²) in [6.45, 7) is 3.67. The monoisotopic (exact) mass is 563 g/mol. The molecule has 0 radical (unpaired) electrons. The van der Waals surface area contributed by atoms with Gasteiger partial charge in [0.15, 0.2) is 0 Å². The molecule has 208 valence electrons. The van der Waals surface area contributed by atoms with E-state index in [0.717, 1.165) is 50.3 Å². The van der Waals surface area contributed by atoms with E-state index in [1.165, 1.54) is 6.07 Å². The molecule has 4 heterocycles. The molecule has 2 aliphatic heterocycles. The number of hydrogen-bond acceptors (Lipinski definition) is 7. The van der Waals surface area contributed by atoms with Gasteiger partial charge in [0.2, 0.25) is 5.88 Å². The van der Waals surface area contributed by atoms with E-state index in [0.29, 0.717) is 47.3 Å². The summed E-state index contributed by atoms with van der Waals surface area (Å²) in [5.74, 6) is 1.33. The third-order valence-electron chi connectivity index (χ3n) is 7.53. The van der Waals surface area contributed by atoms with Crippen LogP contribution in [-0.4, -0.2) is 62.2 Å². The fraction of sp³-hybridized carbons (Fsp3) is 0.379. The van der Waals surface area contributed by atoms with Gasteiger partial charge in [0.05, 0.1) is 35.8 Å². The fourth-order valence-corrected chi connectivity index (χ4v) is 5.36. The number of hydrogen-bond donors (Lipinski definition) is 2. The van der Waals surface area contributed by atoms with Crippen LogP contribution in [0.25, 0.3) is 11.0 Å². The predicted molar refractivity (Wildman–Crippen MR) is 150 cm³/mol. The lowest BCUT2D eigenvalue weighted by molar-refractivity contribution is -0.0592. The largest absolute Gasteiger partial charge is 0.474 e. The summed E-state index contributed by atoms with van der Waals surface area (Å²) in [6.07, 6.45) is 5.18. The molecule has 0 saturated carbocycles. The van der Waals surface area contributed by atoms with E-state index in [-0.39, 0.29) is 23.6 Å². The van der Waals surface area contributed by atoms with Gasteiger partial charge >= 0.3 is 0 Å². The molecular weight excluding hydrogens is 533 g/mol. The van der Waals surface area contributed by atoms with E-state index in [1.807, 2.05) is 24.3 Å². The first-order valence-corrected chi connectivity index (χ1v) is 13.9. The number of rotatable bonds is 9. The highest BCUT2D eigenvalue weighted by molar-refractivity contribution is 6.30. The Morgan fingerprint density at radius 3 is 2.60 bits per heavy atom. The number of amidine groups is 1. The number of nitrogens with one attached hydrogen (secondary N) is 1. The summed E-state index contributed by atoms with van der Waals surface area (Å²) in [5.41, 5.74) is 8.08. The molecule has 0 unspecified atom stereocenters. The Kier molecular flexibility index (Phi) is 7.64. The number of imidazole rings is 1. The number of fused-ring (bicyclic) bond motifs is 1. The SMILES string of the molecule is N=C(N)c1cc2nc(CN3CCC(Oc4ccnc(Cc5ccc(Cl)cc5)n4)CC3)n(C[C@@H]3CCO3)c2cc1F. The molecule has 1 atom stereocenters. The topological polar surface area (TPSA) is 115 Å². The maximum absolute atomic E-state index is 14.7. The van der Waals surface area contributed by atoms with Gasteiger partial charge in [-0.15, -0.1) is 0 Å². The lowest BCUT2D eigenvalue weighted by Gasteiger charge is -2.32. The Bertz CT molecular complexity index is 1520. The highest BCUT2D eigenvalue weighted by Crippen LogP contribution is 2.26. The minimum Gasteiger partial charge on any atom is -0.474 e. The first-order valence-electron chi connectivity index (χ1n) is 13.5. The molecule has 6 rings (SSSR count). The number of aromatic nitrogens is 4. The van der Waals surface area contributed by atoms with Crippen molar-refractivity contribution in [3.63, 3.8) is 0 Å². The van der Waals surface area contributed by atoms with Crippen molar-refractivity contribution < 1.29 is 13.9 Å². The van der Waals surface area contributed by atoms with Crippen molar-refractivity contribution in [3.8, 4) is 5.88 Å². The number of halogens is 2. The molecule has 40 heavy (non-hydrogen) atoms. The highest BCUT2D eigenvalue weighted by atomic mass is 35.5. The standard InChI is InChI=1S/C29H31ClFN7O2/c30-19-3-1-18(2-4-19)13-26-34-9-5-28(36-26)40-20-6-10-37(11-7-20)17-27-35-24-14-22(29(32)33)23(31)15-25(24)38(27)16-21-8-12-39-21/h1-5,9,14-15,20-21H,6-8,10-13,16-17H2,(H3,32,33)/t21-/m0/s1. The maximum atomic E-state index is 14.7. The van der Waals surface area contributed by atoms with Crippen LogP contribution in [-0.2, 0) is 24.2 Å². The maximum Gasteiger partial charge on any atom is 0.216 e. The normalized spacial score (nSPS) is 18.1. The number of nitrogens with two attached hydrogens (primary N) is 1. The van der Waals surface area contributed by atoms with E-state index in [4.69, 9.17) is 37.2 Å². The van der Waals surface area contributed by atoms with Gasteiger partial charge in [0.25, 0.3) is 0 Å². The van der Waals surface area contributed by atoms with Crippen molar-refractivity contribution in [1.29, 1.82) is 5.41 Å². The molecule has 3 N–H and O–H groups in total. The third kappa shape index (κ3) is 5.94. The van der Waals surface area contributed by atoms with Gasteiger partial charge in [0, 0.05) is 49.5 Å². The van der Waals surface area contributed by atoms with Gasteiger partial charge in [-0.1, -0.05) is 23.7 Å². The van der Waals surface area contributed by atoms with Crippen molar-refractivity contribution in [1.82, 2.24) is 24.4 Å². The lowest BCUT2D eigenvalue weighted by Crippen LogP contribution is -2.39. The Balaban J connectivity index is 1.10. The summed E-state index contributed by atoms with van der Waals surface area (Å²) >= 11 is 5.99. The average Bonchev–Trinajstić information content (AvgIpc) is 3.23. The van der Waals surface area contributed by atoms with Gasteiger partial charge in [-0.05, 0) is 43.0 Å². The molecule has 2 aliphatic rings. The van der Waals surface area contributed by atoms with Crippen LogP contribution in [0.4, 0.5) is 4.39 Å². The Hall–Kier alpha value is -3.60. The number of ether oxygens (including phenoxy) is 2. The molecule has 9 nitrogen and oxygen atoms in total. The molecule has 0 amide bonds. The molecule has 0 bridgehead atoms. The average molecular weight is 564 g/mol. The molecule has 2 fully saturated rings. The number of likely N-dealkylation sites (tertiary alicyclic amines) is 1. The van der Waals surface area contributed by atoms with Crippen LogP contribution in [0.2, 0.25) is 5.02 Å². The van der Waals surface area contributed by atoms with Gasteiger partial charge in [-0.25, -0.2) is 14.4 Å². The second kappa shape index (κ2) is 11.5. The van der Waals surface area contributed by atoms with Gasteiger partial charge in [-0.2, -0.15) is 4.98 Å². The number of benzene rings is 2. The molecule has 0 spiro atoms. The molecule has 2 saturated heterocycles. The number of nitrogen functional groups attached to an aromatic ring is 1. The first kappa shape index (κ1) is 26.6. The highest BCUT2D eigenvalue weighted by Gasteiger charge is 2.26. The second-order valence-corrected chi connectivity index (χ2v) is 10.8. The first-order chi connectivity index (χ1) is 19.4. The molecule has 0 aliphatic carbocycles.